The minimum absolute atomic E-state index is 0.115. The number of nitrogens with two attached hydrogens (primary N) is 2. The van der Waals surface area contributed by atoms with Crippen molar-refractivity contribution in [1.82, 2.24) is 15.3 Å². The van der Waals surface area contributed by atoms with Crippen molar-refractivity contribution in [2.45, 2.75) is 20.0 Å². The fourth-order valence-corrected chi connectivity index (χ4v) is 1.36. The van der Waals surface area contributed by atoms with Crippen LogP contribution in [-0.2, 0) is 9.53 Å². The molecule has 3 amide bonds. The Balaban J connectivity index is 2.86. The van der Waals surface area contributed by atoms with Gasteiger partial charge >= 0.3 is 12.0 Å². The first-order chi connectivity index (χ1) is 9.32. The number of esters is 1. The van der Waals surface area contributed by atoms with Gasteiger partial charge in [-0.1, -0.05) is 13.8 Å². The van der Waals surface area contributed by atoms with Crippen molar-refractivity contribution in [1.29, 1.82) is 0 Å². The zero-order chi connectivity index (χ0) is 15.3. The van der Waals surface area contributed by atoms with E-state index in [-0.39, 0.29) is 17.4 Å². The van der Waals surface area contributed by atoms with Gasteiger partial charge in [0.1, 0.15) is 0 Å². The highest BCUT2D eigenvalue weighted by Gasteiger charge is 2.29. The molecule has 0 aliphatic rings. The van der Waals surface area contributed by atoms with E-state index in [0.29, 0.717) is 0 Å². The third-order valence-electron chi connectivity index (χ3n) is 2.26. The maximum Gasteiger partial charge on any atom is 0.361 e. The van der Waals surface area contributed by atoms with E-state index >= 15 is 0 Å². The molecule has 1 aromatic heterocycles. The van der Waals surface area contributed by atoms with Crippen molar-refractivity contribution in [3.05, 3.63) is 18.1 Å². The maximum absolute atomic E-state index is 11.9. The largest absolute Gasteiger partial charge is 0.447 e. The molecule has 1 unspecified atom stereocenters. The predicted octanol–water partition coefficient (Wildman–Crippen LogP) is -0.565. The molecular weight excluding hydrogens is 266 g/mol. The Bertz CT molecular complexity index is 531. The van der Waals surface area contributed by atoms with Gasteiger partial charge in [0, 0.05) is 12.4 Å². The molecule has 9 nitrogen and oxygen atoms in total. The van der Waals surface area contributed by atoms with Crippen LogP contribution in [0.5, 0.6) is 0 Å². The number of nitrogen functional groups attached to an aromatic ring is 1. The summed E-state index contributed by atoms with van der Waals surface area (Å²) in [4.78, 5) is 41.6. The van der Waals surface area contributed by atoms with Gasteiger partial charge in [0.05, 0.1) is 0 Å². The third-order valence-corrected chi connectivity index (χ3v) is 2.26. The van der Waals surface area contributed by atoms with Gasteiger partial charge in [0.2, 0.25) is 0 Å². The molecule has 0 saturated heterocycles. The van der Waals surface area contributed by atoms with E-state index in [2.05, 4.69) is 9.97 Å². The molecule has 1 rings (SSSR count). The number of hydrogen-bond acceptors (Lipinski definition) is 7. The van der Waals surface area contributed by atoms with Gasteiger partial charge in [0.15, 0.2) is 17.6 Å². The van der Waals surface area contributed by atoms with Crippen molar-refractivity contribution >= 4 is 23.7 Å². The zero-order valence-electron chi connectivity index (χ0n) is 11.0. The van der Waals surface area contributed by atoms with Gasteiger partial charge in [-0.25, -0.2) is 19.6 Å². The molecule has 108 valence electrons. The average molecular weight is 281 g/mol. The van der Waals surface area contributed by atoms with Crippen molar-refractivity contribution in [3.63, 3.8) is 0 Å². The summed E-state index contributed by atoms with van der Waals surface area (Å²) >= 11 is 0. The zero-order valence-corrected chi connectivity index (χ0v) is 11.0. The number of anilines is 1. The molecule has 1 atom stereocenters. The molecule has 20 heavy (non-hydrogen) atoms. The van der Waals surface area contributed by atoms with E-state index in [1.54, 1.807) is 13.8 Å². The van der Waals surface area contributed by atoms with Crippen LogP contribution < -0.4 is 16.8 Å². The van der Waals surface area contributed by atoms with E-state index in [1.807, 2.05) is 5.32 Å². The van der Waals surface area contributed by atoms with Crippen molar-refractivity contribution < 1.29 is 19.1 Å². The molecule has 0 fully saturated rings. The molecule has 0 saturated carbocycles. The standard InChI is InChI=1S/C11H15N5O4/c1-5(2)7(9(17)16-11(13)19)20-10(18)6-8(12)15-4-3-14-6/h3-5,7H,1-2H3,(H2,12,15)(H3,13,16,17,19). The lowest BCUT2D eigenvalue weighted by atomic mass is 10.1. The molecule has 0 radical (unpaired) electrons. The summed E-state index contributed by atoms with van der Waals surface area (Å²) in [5.41, 5.74) is 10.1. The lowest BCUT2D eigenvalue weighted by Crippen LogP contribution is -2.45. The Labute approximate surface area is 114 Å². The van der Waals surface area contributed by atoms with E-state index in [0.717, 1.165) is 0 Å². The number of primary amides is 1. The van der Waals surface area contributed by atoms with Crippen LogP contribution in [0.25, 0.3) is 0 Å². The normalized spacial score (nSPS) is 11.8. The quantitative estimate of drug-likeness (QED) is 0.625. The molecule has 0 aliphatic heterocycles. The van der Waals surface area contributed by atoms with Crippen LogP contribution >= 0.6 is 0 Å². The number of urea groups is 1. The van der Waals surface area contributed by atoms with E-state index < -0.39 is 24.0 Å². The average Bonchev–Trinajstić information content (AvgIpc) is 2.34. The Morgan fingerprint density at radius 3 is 2.35 bits per heavy atom. The molecule has 0 bridgehead atoms. The second kappa shape index (κ2) is 6.45. The van der Waals surface area contributed by atoms with Crippen molar-refractivity contribution in [3.8, 4) is 0 Å². The molecule has 1 aromatic rings. The van der Waals surface area contributed by atoms with Gasteiger partial charge in [-0.2, -0.15) is 0 Å². The fraction of sp³-hybridized carbons (Fsp3) is 0.364. The summed E-state index contributed by atoms with van der Waals surface area (Å²) in [7, 11) is 0. The van der Waals surface area contributed by atoms with Crippen LogP contribution in [0, 0.1) is 5.92 Å². The Morgan fingerprint density at radius 1 is 1.25 bits per heavy atom. The SMILES string of the molecule is CC(C)C(OC(=O)c1nccnc1N)C(=O)NC(N)=O. The topological polar surface area (TPSA) is 150 Å². The molecule has 0 aliphatic carbocycles. The Hall–Kier alpha value is -2.71. The van der Waals surface area contributed by atoms with Crippen LogP contribution in [-0.4, -0.2) is 34.0 Å². The molecule has 0 spiro atoms. The molecule has 5 N–H and O–H groups in total. The number of ether oxygens (including phenoxy) is 1. The van der Waals surface area contributed by atoms with Gasteiger partial charge in [-0.15, -0.1) is 0 Å². The highest BCUT2D eigenvalue weighted by atomic mass is 16.5. The van der Waals surface area contributed by atoms with Gasteiger partial charge < -0.3 is 16.2 Å². The van der Waals surface area contributed by atoms with Crippen LogP contribution in [0.2, 0.25) is 0 Å². The maximum atomic E-state index is 11.9. The lowest BCUT2D eigenvalue weighted by Gasteiger charge is -2.19. The first-order valence-corrected chi connectivity index (χ1v) is 5.70. The van der Waals surface area contributed by atoms with Crippen LogP contribution in [0.4, 0.5) is 10.6 Å². The van der Waals surface area contributed by atoms with Crippen molar-refractivity contribution in [2.75, 3.05) is 5.73 Å². The Morgan fingerprint density at radius 2 is 1.85 bits per heavy atom. The summed E-state index contributed by atoms with van der Waals surface area (Å²) in [6, 6.07) is -1.03. The number of nitrogens with zero attached hydrogens (tertiary/aromatic N) is 2. The molecule has 1 heterocycles. The molecule has 9 heteroatoms. The minimum atomic E-state index is -1.20. The monoisotopic (exact) mass is 281 g/mol. The number of nitrogens with one attached hydrogen (secondary N) is 1. The number of amides is 3. The van der Waals surface area contributed by atoms with Crippen LogP contribution in [0.15, 0.2) is 12.4 Å². The number of rotatable bonds is 4. The first kappa shape index (κ1) is 15.3. The summed E-state index contributed by atoms with van der Waals surface area (Å²) < 4.78 is 5.00. The second-order valence-electron chi connectivity index (χ2n) is 4.21. The first-order valence-electron chi connectivity index (χ1n) is 5.70. The highest BCUT2D eigenvalue weighted by molar-refractivity contribution is 5.98. The smallest absolute Gasteiger partial charge is 0.361 e. The summed E-state index contributed by atoms with van der Waals surface area (Å²) in [6.45, 7) is 3.27. The number of imide groups is 1. The van der Waals surface area contributed by atoms with E-state index in [1.165, 1.54) is 12.4 Å². The third kappa shape index (κ3) is 3.90. The fourth-order valence-electron chi connectivity index (χ4n) is 1.36. The van der Waals surface area contributed by atoms with Gasteiger partial charge in [0.25, 0.3) is 5.91 Å². The predicted molar refractivity (Wildman–Crippen MR) is 68.2 cm³/mol. The molecule has 0 aromatic carbocycles. The van der Waals surface area contributed by atoms with E-state index in [9.17, 15) is 14.4 Å². The lowest BCUT2D eigenvalue weighted by molar-refractivity contribution is -0.130. The number of carbonyl (C=O) groups is 3. The second-order valence-corrected chi connectivity index (χ2v) is 4.21. The minimum Gasteiger partial charge on any atom is -0.447 e. The van der Waals surface area contributed by atoms with Crippen molar-refractivity contribution in [2.24, 2.45) is 11.7 Å². The molecular formula is C11H15N5O4. The van der Waals surface area contributed by atoms with Gasteiger partial charge in [-0.3, -0.25) is 10.1 Å². The summed E-state index contributed by atoms with van der Waals surface area (Å²) in [5.74, 6) is -2.22. The Kier molecular flexibility index (Phi) is 4.95. The summed E-state index contributed by atoms with van der Waals surface area (Å²) in [5, 5.41) is 1.85. The van der Waals surface area contributed by atoms with Gasteiger partial charge in [-0.05, 0) is 5.92 Å². The number of carbonyl (C=O) groups excluding carboxylic acids is 3. The highest BCUT2D eigenvalue weighted by Crippen LogP contribution is 2.12. The number of aromatic nitrogens is 2. The van der Waals surface area contributed by atoms with E-state index in [4.69, 9.17) is 16.2 Å². The summed E-state index contributed by atoms with van der Waals surface area (Å²) in [6.07, 6.45) is 1.38. The number of hydrogen-bond donors (Lipinski definition) is 3. The van der Waals surface area contributed by atoms with Crippen LogP contribution in [0.1, 0.15) is 24.3 Å². The van der Waals surface area contributed by atoms with Crippen LogP contribution in [0.3, 0.4) is 0 Å².